The van der Waals surface area contributed by atoms with Gasteiger partial charge in [0.25, 0.3) is 0 Å². The zero-order chi connectivity index (χ0) is 14.7. The third-order valence-corrected chi connectivity index (χ3v) is 3.92. The van der Waals surface area contributed by atoms with Crippen LogP contribution in [0.1, 0.15) is 12.5 Å². The summed E-state index contributed by atoms with van der Waals surface area (Å²) in [4.78, 5) is 13.9. The van der Waals surface area contributed by atoms with Crippen LogP contribution in [0.4, 0.5) is 4.39 Å². The Balaban J connectivity index is 1.97. The van der Waals surface area contributed by atoms with E-state index in [4.69, 9.17) is 4.74 Å². The van der Waals surface area contributed by atoms with Crippen LogP contribution < -0.4 is 10.1 Å². The number of nitrogens with zero attached hydrogens (tertiary/aromatic N) is 1. The lowest BCUT2D eigenvalue weighted by atomic mass is 9.88. The number of hydrogen-bond acceptors (Lipinski definition) is 3. The fourth-order valence-electron chi connectivity index (χ4n) is 2.37. The summed E-state index contributed by atoms with van der Waals surface area (Å²) < 4.78 is 18.5. The quantitative estimate of drug-likeness (QED) is 0.891. The number of rotatable bonds is 5. The molecule has 2 rings (SSSR count). The van der Waals surface area contributed by atoms with Crippen LogP contribution in [0.25, 0.3) is 0 Å². The second kappa shape index (κ2) is 6.22. The molecule has 1 aliphatic heterocycles. The number of hydrogen-bond donors (Lipinski definition) is 1. The first-order valence-corrected chi connectivity index (χ1v) is 6.81. The molecule has 1 unspecified atom stereocenters. The third-order valence-electron chi connectivity index (χ3n) is 3.92. The summed E-state index contributed by atoms with van der Waals surface area (Å²) >= 11 is 0. The number of amides is 1. The van der Waals surface area contributed by atoms with Gasteiger partial charge in [0, 0.05) is 19.5 Å². The zero-order valence-electron chi connectivity index (χ0n) is 12.1. The van der Waals surface area contributed by atoms with Gasteiger partial charge in [-0.2, -0.15) is 0 Å². The van der Waals surface area contributed by atoms with Crippen molar-refractivity contribution >= 4 is 5.91 Å². The first kappa shape index (κ1) is 14.8. The minimum Gasteiger partial charge on any atom is -0.494 e. The fourth-order valence-corrected chi connectivity index (χ4v) is 2.37. The standard InChI is InChI=1S/C15H21FN2O2/c1-10(12-7-17-8-12)15(19)18(2)9-11-4-5-14(20-3)13(16)6-11/h4-6,10,12,17H,7-9H2,1-3H3. The Morgan fingerprint density at radius 3 is 2.75 bits per heavy atom. The van der Waals surface area contributed by atoms with Crippen molar-refractivity contribution in [1.29, 1.82) is 0 Å². The summed E-state index contributed by atoms with van der Waals surface area (Å²) in [5.41, 5.74) is 0.762. The lowest BCUT2D eigenvalue weighted by Crippen LogP contribution is -2.49. The van der Waals surface area contributed by atoms with Gasteiger partial charge in [-0.25, -0.2) is 4.39 Å². The van der Waals surface area contributed by atoms with Crippen molar-refractivity contribution < 1.29 is 13.9 Å². The van der Waals surface area contributed by atoms with Gasteiger partial charge in [-0.05, 0) is 36.7 Å². The predicted octanol–water partition coefficient (Wildman–Crippen LogP) is 1.65. The Kier molecular flexibility index (Phi) is 4.60. The maximum absolute atomic E-state index is 13.6. The molecule has 1 atom stereocenters. The van der Waals surface area contributed by atoms with E-state index >= 15 is 0 Å². The van der Waals surface area contributed by atoms with E-state index in [1.807, 2.05) is 6.92 Å². The van der Waals surface area contributed by atoms with Crippen molar-refractivity contribution in [1.82, 2.24) is 10.2 Å². The van der Waals surface area contributed by atoms with Crippen LogP contribution in [0.2, 0.25) is 0 Å². The molecule has 20 heavy (non-hydrogen) atoms. The lowest BCUT2D eigenvalue weighted by molar-refractivity contribution is -0.136. The number of methoxy groups -OCH3 is 1. The van der Waals surface area contributed by atoms with Gasteiger partial charge in [-0.15, -0.1) is 0 Å². The lowest BCUT2D eigenvalue weighted by Gasteiger charge is -2.34. The number of halogens is 1. The summed E-state index contributed by atoms with van der Waals surface area (Å²) in [5.74, 6) is 0.341. The molecule has 1 fully saturated rings. The molecule has 1 heterocycles. The summed E-state index contributed by atoms with van der Waals surface area (Å²) in [7, 11) is 3.19. The van der Waals surface area contributed by atoms with Crippen LogP contribution >= 0.6 is 0 Å². The van der Waals surface area contributed by atoms with Crippen LogP contribution in [-0.4, -0.2) is 38.1 Å². The molecular weight excluding hydrogens is 259 g/mol. The van der Waals surface area contributed by atoms with Crippen LogP contribution in [0, 0.1) is 17.7 Å². The molecular formula is C15H21FN2O2. The molecule has 1 aromatic carbocycles. The van der Waals surface area contributed by atoms with E-state index in [-0.39, 0.29) is 17.6 Å². The average Bonchev–Trinajstić information content (AvgIpc) is 2.35. The molecule has 1 aliphatic rings. The number of carbonyl (C=O) groups excluding carboxylic acids is 1. The molecule has 0 bridgehead atoms. The van der Waals surface area contributed by atoms with Gasteiger partial charge in [0.2, 0.25) is 5.91 Å². The maximum Gasteiger partial charge on any atom is 0.225 e. The highest BCUT2D eigenvalue weighted by molar-refractivity contribution is 5.78. The number of nitrogens with one attached hydrogen (secondary N) is 1. The van der Waals surface area contributed by atoms with E-state index in [9.17, 15) is 9.18 Å². The average molecular weight is 280 g/mol. The SMILES string of the molecule is COc1ccc(CN(C)C(=O)C(C)C2CNC2)cc1F. The maximum atomic E-state index is 13.6. The molecule has 0 radical (unpaired) electrons. The van der Waals surface area contributed by atoms with E-state index in [1.54, 1.807) is 24.1 Å². The monoisotopic (exact) mass is 280 g/mol. The normalized spacial score (nSPS) is 16.4. The highest BCUT2D eigenvalue weighted by Crippen LogP contribution is 2.21. The highest BCUT2D eigenvalue weighted by Gasteiger charge is 2.30. The Morgan fingerprint density at radius 1 is 1.55 bits per heavy atom. The Hall–Kier alpha value is -1.62. The summed E-state index contributed by atoms with van der Waals surface area (Å²) in [6.45, 7) is 4.17. The van der Waals surface area contributed by atoms with Gasteiger partial charge < -0.3 is 15.0 Å². The third kappa shape index (κ3) is 3.10. The molecule has 0 aromatic heterocycles. The van der Waals surface area contributed by atoms with Gasteiger partial charge in [0.1, 0.15) is 0 Å². The fraction of sp³-hybridized carbons (Fsp3) is 0.533. The second-order valence-corrected chi connectivity index (χ2v) is 5.37. The van der Waals surface area contributed by atoms with Gasteiger partial charge in [0.05, 0.1) is 7.11 Å². The van der Waals surface area contributed by atoms with Crippen LogP contribution in [-0.2, 0) is 11.3 Å². The summed E-state index contributed by atoms with van der Waals surface area (Å²) in [6, 6.07) is 4.78. The van der Waals surface area contributed by atoms with Crippen molar-refractivity contribution in [3.63, 3.8) is 0 Å². The number of ether oxygens (including phenoxy) is 1. The van der Waals surface area contributed by atoms with Gasteiger partial charge >= 0.3 is 0 Å². The van der Waals surface area contributed by atoms with E-state index in [1.165, 1.54) is 13.2 Å². The van der Waals surface area contributed by atoms with Crippen LogP contribution in [0.3, 0.4) is 0 Å². The molecule has 1 saturated heterocycles. The molecule has 4 nitrogen and oxygen atoms in total. The second-order valence-electron chi connectivity index (χ2n) is 5.37. The first-order chi connectivity index (χ1) is 9.52. The highest BCUT2D eigenvalue weighted by atomic mass is 19.1. The molecule has 5 heteroatoms. The van der Waals surface area contributed by atoms with E-state index < -0.39 is 5.82 Å². The van der Waals surface area contributed by atoms with Gasteiger partial charge in [-0.1, -0.05) is 13.0 Å². The Bertz CT molecular complexity index is 489. The van der Waals surface area contributed by atoms with Crippen molar-refractivity contribution in [2.45, 2.75) is 13.5 Å². The molecule has 0 spiro atoms. The molecule has 1 N–H and O–H groups in total. The van der Waals surface area contributed by atoms with Crippen LogP contribution in [0.15, 0.2) is 18.2 Å². The topological polar surface area (TPSA) is 41.6 Å². The minimum atomic E-state index is -0.401. The minimum absolute atomic E-state index is 0.00402. The smallest absolute Gasteiger partial charge is 0.225 e. The van der Waals surface area contributed by atoms with Gasteiger partial charge in [-0.3, -0.25) is 4.79 Å². The van der Waals surface area contributed by atoms with Crippen LogP contribution in [0.5, 0.6) is 5.75 Å². The molecule has 0 saturated carbocycles. The predicted molar refractivity (Wildman–Crippen MR) is 74.9 cm³/mol. The van der Waals surface area contributed by atoms with Crippen molar-refractivity contribution in [3.8, 4) is 5.75 Å². The number of benzene rings is 1. The Morgan fingerprint density at radius 2 is 2.25 bits per heavy atom. The molecule has 1 aromatic rings. The summed E-state index contributed by atoms with van der Waals surface area (Å²) in [5, 5.41) is 3.17. The van der Waals surface area contributed by atoms with E-state index in [0.29, 0.717) is 12.5 Å². The first-order valence-electron chi connectivity index (χ1n) is 6.81. The van der Waals surface area contributed by atoms with Crippen molar-refractivity contribution in [3.05, 3.63) is 29.6 Å². The molecule has 1 amide bonds. The largest absolute Gasteiger partial charge is 0.494 e. The van der Waals surface area contributed by atoms with Crippen molar-refractivity contribution in [2.75, 3.05) is 27.2 Å². The van der Waals surface area contributed by atoms with E-state index in [2.05, 4.69) is 5.32 Å². The Labute approximate surface area is 118 Å². The summed E-state index contributed by atoms with van der Waals surface area (Å²) in [6.07, 6.45) is 0. The van der Waals surface area contributed by atoms with Gasteiger partial charge in [0.15, 0.2) is 11.6 Å². The van der Waals surface area contributed by atoms with E-state index in [0.717, 1.165) is 18.7 Å². The molecule has 110 valence electrons. The van der Waals surface area contributed by atoms with Crippen molar-refractivity contribution in [2.24, 2.45) is 11.8 Å². The zero-order valence-corrected chi connectivity index (χ0v) is 12.1. The number of carbonyl (C=O) groups is 1. The molecule has 0 aliphatic carbocycles.